The quantitative estimate of drug-likeness (QED) is 0.897. The molecule has 0 aliphatic rings. The van der Waals surface area contributed by atoms with Gasteiger partial charge in [-0.15, -0.1) is 0 Å². The van der Waals surface area contributed by atoms with Crippen molar-refractivity contribution < 1.29 is 0 Å². The molecule has 0 atom stereocenters. The van der Waals surface area contributed by atoms with Crippen LogP contribution in [0.25, 0.3) is 11.4 Å². The van der Waals surface area contributed by atoms with Gasteiger partial charge in [-0.2, -0.15) is 5.10 Å². The van der Waals surface area contributed by atoms with Crippen molar-refractivity contribution in [2.45, 2.75) is 39.7 Å². The molecule has 0 amide bonds. The lowest BCUT2D eigenvalue weighted by atomic mass is 10.00. The molecule has 5 nitrogen and oxygen atoms in total. The van der Waals surface area contributed by atoms with Gasteiger partial charge in [0.1, 0.15) is 12.1 Å². The molecule has 19 heavy (non-hydrogen) atoms. The average Bonchev–Trinajstić information content (AvgIpc) is 2.86. The first-order chi connectivity index (χ1) is 9.19. The fourth-order valence-electron chi connectivity index (χ4n) is 2.27. The van der Waals surface area contributed by atoms with Gasteiger partial charge in [-0.05, 0) is 18.4 Å². The molecule has 0 aliphatic heterocycles. The summed E-state index contributed by atoms with van der Waals surface area (Å²) in [7, 11) is 1.89. The molecule has 5 heteroatoms. The molecule has 1 N–H and O–H groups in total. The zero-order valence-electron chi connectivity index (χ0n) is 12.0. The van der Waals surface area contributed by atoms with Crippen LogP contribution in [0.3, 0.4) is 0 Å². The minimum Gasteiger partial charge on any atom is -0.373 e. The summed E-state index contributed by atoms with van der Waals surface area (Å²) in [6.07, 6.45) is 4.49. The number of aromatic nitrogens is 4. The standard InChI is InChI=1S/C14H21N5/c1-5-8-19-11(6-7-18-19)13-12(10(2)3)14(15-4)17-9-16-13/h6-7,9-10H,5,8H2,1-4H3,(H,15,16,17). The molecule has 0 unspecified atom stereocenters. The number of anilines is 1. The molecule has 0 aromatic carbocycles. The van der Waals surface area contributed by atoms with Crippen molar-refractivity contribution in [3.8, 4) is 11.4 Å². The number of hydrogen-bond donors (Lipinski definition) is 1. The Morgan fingerprint density at radius 2 is 2.11 bits per heavy atom. The fourth-order valence-corrected chi connectivity index (χ4v) is 2.27. The molecule has 0 aliphatic carbocycles. The van der Waals surface area contributed by atoms with Gasteiger partial charge in [0, 0.05) is 25.4 Å². The summed E-state index contributed by atoms with van der Waals surface area (Å²) in [5, 5.41) is 7.52. The summed E-state index contributed by atoms with van der Waals surface area (Å²) >= 11 is 0. The molecule has 2 aromatic rings. The molecule has 2 heterocycles. The van der Waals surface area contributed by atoms with Crippen molar-refractivity contribution in [1.82, 2.24) is 19.7 Å². The zero-order valence-corrected chi connectivity index (χ0v) is 12.0. The van der Waals surface area contributed by atoms with Crippen molar-refractivity contribution >= 4 is 5.82 Å². The second kappa shape index (κ2) is 5.82. The van der Waals surface area contributed by atoms with Gasteiger partial charge in [0.25, 0.3) is 0 Å². The summed E-state index contributed by atoms with van der Waals surface area (Å²) in [6.45, 7) is 7.36. The van der Waals surface area contributed by atoms with E-state index < -0.39 is 0 Å². The van der Waals surface area contributed by atoms with Crippen LogP contribution in [-0.4, -0.2) is 26.8 Å². The predicted octanol–water partition coefficient (Wildman–Crippen LogP) is 2.92. The largest absolute Gasteiger partial charge is 0.373 e. The Bertz CT molecular complexity index is 545. The van der Waals surface area contributed by atoms with Gasteiger partial charge in [0.2, 0.25) is 0 Å². The van der Waals surface area contributed by atoms with Gasteiger partial charge in [-0.3, -0.25) is 4.68 Å². The van der Waals surface area contributed by atoms with E-state index in [1.54, 1.807) is 6.33 Å². The van der Waals surface area contributed by atoms with Crippen LogP contribution in [0.1, 0.15) is 38.7 Å². The summed E-state index contributed by atoms with van der Waals surface area (Å²) in [6, 6.07) is 2.02. The fraction of sp³-hybridized carbons (Fsp3) is 0.500. The minimum absolute atomic E-state index is 0.351. The number of rotatable bonds is 5. The van der Waals surface area contributed by atoms with Crippen LogP contribution < -0.4 is 5.32 Å². The van der Waals surface area contributed by atoms with E-state index in [-0.39, 0.29) is 0 Å². The Hall–Kier alpha value is -1.91. The maximum absolute atomic E-state index is 4.48. The topological polar surface area (TPSA) is 55.6 Å². The first-order valence-corrected chi connectivity index (χ1v) is 6.73. The van der Waals surface area contributed by atoms with Crippen molar-refractivity contribution in [3.63, 3.8) is 0 Å². The molecule has 2 rings (SSSR count). The SMILES string of the molecule is CCCn1nccc1-c1ncnc(NC)c1C(C)C. The monoisotopic (exact) mass is 259 g/mol. The lowest BCUT2D eigenvalue weighted by Gasteiger charge is -2.16. The second-order valence-electron chi connectivity index (χ2n) is 4.83. The highest BCUT2D eigenvalue weighted by Gasteiger charge is 2.18. The van der Waals surface area contributed by atoms with Crippen LogP contribution in [0.5, 0.6) is 0 Å². The smallest absolute Gasteiger partial charge is 0.133 e. The van der Waals surface area contributed by atoms with E-state index in [2.05, 4.69) is 41.2 Å². The van der Waals surface area contributed by atoms with E-state index in [0.29, 0.717) is 5.92 Å². The Morgan fingerprint density at radius 3 is 2.74 bits per heavy atom. The number of hydrogen-bond acceptors (Lipinski definition) is 4. The molecule has 0 fully saturated rings. The molecule has 2 aromatic heterocycles. The Balaban J connectivity index is 2.58. The van der Waals surface area contributed by atoms with Crippen LogP contribution in [0, 0.1) is 0 Å². The summed E-state index contributed by atoms with van der Waals surface area (Å²) in [4.78, 5) is 8.79. The van der Waals surface area contributed by atoms with E-state index >= 15 is 0 Å². The van der Waals surface area contributed by atoms with Crippen LogP contribution >= 0.6 is 0 Å². The highest BCUT2D eigenvalue weighted by Crippen LogP contribution is 2.31. The molecule has 0 spiro atoms. The average molecular weight is 259 g/mol. The van der Waals surface area contributed by atoms with E-state index in [4.69, 9.17) is 0 Å². The summed E-state index contributed by atoms with van der Waals surface area (Å²) in [5.41, 5.74) is 3.17. The summed E-state index contributed by atoms with van der Waals surface area (Å²) in [5.74, 6) is 1.24. The van der Waals surface area contributed by atoms with Gasteiger partial charge in [0.15, 0.2) is 0 Å². The van der Waals surface area contributed by atoms with Crippen LogP contribution in [-0.2, 0) is 6.54 Å². The molecule has 0 bridgehead atoms. The maximum Gasteiger partial charge on any atom is 0.133 e. The zero-order chi connectivity index (χ0) is 13.8. The molecular weight excluding hydrogens is 238 g/mol. The first-order valence-electron chi connectivity index (χ1n) is 6.73. The molecule has 0 radical (unpaired) electrons. The lowest BCUT2D eigenvalue weighted by Crippen LogP contribution is -2.08. The number of nitrogens with one attached hydrogen (secondary N) is 1. The molecule has 102 valence electrons. The van der Waals surface area contributed by atoms with Crippen molar-refractivity contribution in [1.29, 1.82) is 0 Å². The number of nitrogens with zero attached hydrogens (tertiary/aromatic N) is 4. The Kier molecular flexibility index (Phi) is 4.14. The predicted molar refractivity (Wildman–Crippen MR) is 77.2 cm³/mol. The van der Waals surface area contributed by atoms with Crippen LogP contribution in [0.15, 0.2) is 18.6 Å². The van der Waals surface area contributed by atoms with E-state index in [1.807, 2.05) is 24.0 Å². The first kappa shape index (κ1) is 13.5. The lowest BCUT2D eigenvalue weighted by molar-refractivity contribution is 0.607. The van der Waals surface area contributed by atoms with Crippen LogP contribution in [0.4, 0.5) is 5.82 Å². The normalized spacial score (nSPS) is 11.0. The highest BCUT2D eigenvalue weighted by molar-refractivity contribution is 5.66. The molecular formula is C14H21N5. The number of aryl methyl sites for hydroxylation is 1. The van der Waals surface area contributed by atoms with Gasteiger partial charge in [-0.25, -0.2) is 9.97 Å². The maximum atomic E-state index is 4.48. The third kappa shape index (κ3) is 2.59. The van der Waals surface area contributed by atoms with Crippen molar-refractivity contribution in [3.05, 3.63) is 24.2 Å². The Labute approximate surface area is 114 Å². The summed E-state index contributed by atoms with van der Waals surface area (Å²) < 4.78 is 2.01. The third-order valence-electron chi connectivity index (χ3n) is 3.09. The Morgan fingerprint density at radius 1 is 1.32 bits per heavy atom. The van der Waals surface area contributed by atoms with Crippen LogP contribution in [0.2, 0.25) is 0 Å². The van der Waals surface area contributed by atoms with Crippen molar-refractivity contribution in [2.24, 2.45) is 0 Å². The highest BCUT2D eigenvalue weighted by atomic mass is 15.3. The van der Waals surface area contributed by atoms with Gasteiger partial charge < -0.3 is 5.32 Å². The third-order valence-corrected chi connectivity index (χ3v) is 3.09. The van der Waals surface area contributed by atoms with Gasteiger partial charge >= 0.3 is 0 Å². The molecule has 0 saturated heterocycles. The van der Waals surface area contributed by atoms with Gasteiger partial charge in [0.05, 0.1) is 11.4 Å². The van der Waals surface area contributed by atoms with E-state index in [1.165, 1.54) is 0 Å². The van der Waals surface area contributed by atoms with Crippen molar-refractivity contribution in [2.75, 3.05) is 12.4 Å². The minimum atomic E-state index is 0.351. The van der Waals surface area contributed by atoms with E-state index in [0.717, 1.165) is 35.7 Å². The van der Waals surface area contributed by atoms with Gasteiger partial charge in [-0.1, -0.05) is 20.8 Å². The second-order valence-corrected chi connectivity index (χ2v) is 4.83. The molecule has 0 saturated carbocycles. The van der Waals surface area contributed by atoms with E-state index in [9.17, 15) is 0 Å².